The summed E-state index contributed by atoms with van der Waals surface area (Å²) in [6.07, 6.45) is 0. The van der Waals surface area contributed by atoms with Crippen molar-refractivity contribution < 1.29 is 9.53 Å². The molecule has 0 unspecified atom stereocenters. The quantitative estimate of drug-likeness (QED) is 0.800. The van der Waals surface area contributed by atoms with Crippen molar-refractivity contribution >= 4 is 29.0 Å². The molecule has 1 aromatic carbocycles. The lowest BCUT2D eigenvalue weighted by Crippen LogP contribution is -2.52. The summed E-state index contributed by atoms with van der Waals surface area (Å²) in [5.74, 6) is 0.0815. The zero-order valence-corrected chi connectivity index (χ0v) is 9.73. The molecule has 2 rings (SSSR count). The molecule has 4 heteroatoms. The van der Waals surface area contributed by atoms with Gasteiger partial charge in [-0.1, -0.05) is 29.3 Å². The maximum Gasteiger partial charge on any atom is 0.145 e. The molecule has 15 heavy (non-hydrogen) atoms. The van der Waals surface area contributed by atoms with E-state index >= 15 is 0 Å². The number of halogens is 2. The van der Waals surface area contributed by atoms with Gasteiger partial charge in [0, 0.05) is 10.0 Å². The first-order valence-electron chi connectivity index (χ1n) is 4.60. The SMILES string of the molecule is CC(=O)C1(c2ccc(Cl)cc2Cl)COC1. The van der Waals surface area contributed by atoms with Gasteiger partial charge in [-0.2, -0.15) is 0 Å². The summed E-state index contributed by atoms with van der Waals surface area (Å²) < 4.78 is 5.13. The van der Waals surface area contributed by atoms with E-state index in [1.54, 1.807) is 25.1 Å². The Morgan fingerprint density at radius 2 is 2.07 bits per heavy atom. The Morgan fingerprint density at radius 3 is 2.47 bits per heavy atom. The summed E-state index contributed by atoms with van der Waals surface area (Å²) >= 11 is 11.9. The van der Waals surface area contributed by atoms with Gasteiger partial charge in [0.05, 0.1) is 13.2 Å². The van der Waals surface area contributed by atoms with Gasteiger partial charge in [0.2, 0.25) is 0 Å². The van der Waals surface area contributed by atoms with Gasteiger partial charge in [-0.3, -0.25) is 4.79 Å². The average Bonchev–Trinajstić information content (AvgIpc) is 2.05. The van der Waals surface area contributed by atoms with Crippen molar-refractivity contribution in [1.82, 2.24) is 0 Å². The number of hydrogen-bond donors (Lipinski definition) is 0. The number of ether oxygens (including phenoxy) is 1. The number of benzene rings is 1. The minimum Gasteiger partial charge on any atom is -0.378 e. The molecule has 1 aromatic rings. The minimum absolute atomic E-state index is 0.0815. The summed E-state index contributed by atoms with van der Waals surface area (Å²) in [5.41, 5.74) is 0.258. The summed E-state index contributed by atoms with van der Waals surface area (Å²) in [6.45, 7) is 2.38. The Bertz CT molecular complexity index is 411. The van der Waals surface area contributed by atoms with E-state index in [1.807, 2.05) is 0 Å². The van der Waals surface area contributed by atoms with Gasteiger partial charge >= 0.3 is 0 Å². The molecule has 0 radical (unpaired) electrons. The second kappa shape index (κ2) is 3.78. The van der Waals surface area contributed by atoms with Crippen LogP contribution < -0.4 is 0 Å². The van der Waals surface area contributed by atoms with Crippen LogP contribution in [-0.2, 0) is 14.9 Å². The highest BCUT2D eigenvalue weighted by Crippen LogP contribution is 2.38. The maximum atomic E-state index is 11.6. The molecule has 1 heterocycles. The predicted molar refractivity (Wildman–Crippen MR) is 59.6 cm³/mol. The Morgan fingerprint density at radius 1 is 1.40 bits per heavy atom. The fourth-order valence-corrected chi connectivity index (χ4v) is 2.32. The minimum atomic E-state index is -0.554. The van der Waals surface area contributed by atoms with Crippen LogP contribution >= 0.6 is 23.2 Å². The van der Waals surface area contributed by atoms with Crippen molar-refractivity contribution in [3.8, 4) is 0 Å². The maximum absolute atomic E-state index is 11.6. The zero-order chi connectivity index (χ0) is 11.1. The van der Waals surface area contributed by atoms with Gasteiger partial charge in [0.25, 0.3) is 0 Å². The molecule has 0 aliphatic carbocycles. The molecule has 80 valence electrons. The normalized spacial score (nSPS) is 18.3. The summed E-state index contributed by atoms with van der Waals surface area (Å²) in [6, 6.07) is 5.20. The standard InChI is InChI=1S/C11H10Cl2O2/c1-7(14)11(5-15-6-11)9-3-2-8(12)4-10(9)13/h2-4H,5-6H2,1H3. The predicted octanol–water partition coefficient (Wildman–Crippen LogP) is 2.85. The number of rotatable bonds is 2. The first kappa shape index (κ1) is 10.9. The lowest BCUT2D eigenvalue weighted by atomic mass is 9.75. The Balaban J connectivity index is 2.48. The van der Waals surface area contributed by atoms with Crippen molar-refractivity contribution in [2.45, 2.75) is 12.3 Å². The topological polar surface area (TPSA) is 26.3 Å². The highest BCUT2D eigenvalue weighted by molar-refractivity contribution is 6.35. The average molecular weight is 245 g/mol. The van der Waals surface area contributed by atoms with Crippen LogP contribution in [0.1, 0.15) is 12.5 Å². The highest BCUT2D eigenvalue weighted by atomic mass is 35.5. The largest absolute Gasteiger partial charge is 0.378 e. The van der Waals surface area contributed by atoms with E-state index in [-0.39, 0.29) is 5.78 Å². The molecule has 0 bridgehead atoms. The zero-order valence-electron chi connectivity index (χ0n) is 8.22. The van der Waals surface area contributed by atoms with E-state index in [2.05, 4.69) is 0 Å². The van der Waals surface area contributed by atoms with Crippen LogP contribution in [0.4, 0.5) is 0 Å². The molecule has 0 atom stereocenters. The van der Waals surface area contributed by atoms with Gasteiger partial charge < -0.3 is 4.74 Å². The van der Waals surface area contributed by atoms with Crippen LogP contribution in [0, 0.1) is 0 Å². The Hall–Kier alpha value is -0.570. The Kier molecular flexibility index (Phi) is 2.75. The van der Waals surface area contributed by atoms with Gasteiger partial charge in [-0.15, -0.1) is 0 Å². The first-order valence-corrected chi connectivity index (χ1v) is 5.36. The van der Waals surface area contributed by atoms with Crippen LogP contribution in [0.3, 0.4) is 0 Å². The van der Waals surface area contributed by atoms with Crippen molar-refractivity contribution in [2.24, 2.45) is 0 Å². The molecular weight excluding hydrogens is 235 g/mol. The number of ketones is 1. The molecule has 1 aliphatic rings. The lowest BCUT2D eigenvalue weighted by molar-refractivity contribution is -0.140. The van der Waals surface area contributed by atoms with Gasteiger partial charge in [-0.25, -0.2) is 0 Å². The first-order chi connectivity index (χ1) is 7.06. The third-order valence-electron chi connectivity index (χ3n) is 2.82. The van der Waals surface area contributed by atoms with Crippen LogP contribution in [0.2, 0.25) is 10.0 Å². The molecular formula is C11H10Cl2O2. The van der Waals surface area contributed by atoms with Crippen molar-refractivity contribution in [1.29, 1.82) is 0 Å². The molecule has 0 N–H and O–H groups in total. The second-order valence-electron chi connectivity index (χ2n) is 3.76. The fraction of sp³-hybridized carbons (Fsp3) is 0.364. The molecule has 0 amide bonds. The number of hydrogen-bond acceptors (Lipinski definition) is 2. The smallest absolute Gasteiger partial charge is 0.145 e. The van der Waals surface area contributed by atoms with Gasteiger partial charge in [-0.05, 0) is 24.6 Å². The molecule has 1 saturated heterocycles. The van der Waals surface area contributed by atoms with E-state index in [1.165, 1.54) is 0 Å². The second-order valence-corrected chi connectivity index (χ2v) is 4.60. The van der Waals surface area contributed by atoms with Crippen molar-refractivity contribution in [3.63, 3.8) is 0 Å². The summed E-state index contributed by atoms with van der Waals surface area (Å²) in [7, 11) is 0. The van der Waals surface area contributed by atoms with E-state index in [4.69, 9.17) is 27.9 Å². The Labute approximate surface area is 98.1 Å². The number of carbonyl (C=O) groups is 1. The van der Waals surface area contributed by atoms with Crippen LogP contribution in [0.15, 0.2) is 18.2 Å². The monoisotopic (exact) mass is 244 g/mol. The molecule has 0 spiro atoms. The highest BCUT2D eigenvalue weighted by Gasteiger charge is 2.46. The van der Waals surface area contributed by atoms with E-state index in [0.717, 1.165) is 5.56 Å². The third kappa shape index (κ3) is 1.67. The van der Waals surface area contributed by atoms with Gasteiger partial charge in [0.15, 0.2) is 0 Å². The van der Waals surface area contributed by atoms with E-state index in [0.29, 0.717) is 23.3 Å². The molecule has 0 aromatic heterocycles. The van der Waals surface area contributed by atoms with Crippen LogP contribution in [0.25, 0.3) is 0 Å². The van der Waals surface area contributed by atoms with E-state index in [9.17, 15) is 4.79 Å². The number of Topliss-reactive ketones (excluding diaryl/α,β-unsaturated/α-hetero) is 1. The van der Waals surface area contributed by atoms with Crippen molar-refractivity contribution in [3.05, 3.63) is 33.8 Å². The van der Waals surface area contributed by atoms with Crippen LogP contribution in [0.5, 0.6) is 0 Å². The lowest BCUT2D eigenvalue weighted by Gasteiger charge is -2.40. The molecule has 1 fully saturated rings. The van der Waals surface area contributed by atoms with Crippen LogP contribution in [-0.4, -0.2) is 19.0 Å². The van der Waals surface area contributed by atoms with Gasteiger partial charge in [0.1, 0.15) is 11.2 Å². The molecule has 0 saturated carbocycles. The van der Waals surface area contributed by atoms with Crippen molar-refractivity contribution in [2.75, 3.05) is 13.2 Å². The number of carbonyl (C=O) groups excluding carboxylic acids is 1. The van der Waals surface area contributed by atoms with E-state index < -0.39 is 5.41 Å². The third-order valence-corrected chi connectivity index (χ3v) is 3.37. The molecule has 1 aliphatic heterocycles. The fourth-order valence-electron chi connectivity index (χ4n) is 1.73. The summed E-state index contributed by atoms with van der Waals surface area (Å²) in [5, 5.41) is 1.10. The summed E-state index contributed by atoms with van der Waals surface area (Å²) in [4.78, 5) is 11.6. The molecule has 2 nitrogen and oxygen atoms in total.